The van der Waals surface area contributed by atoms with Gasteiger partial charge in [0.25, 0.3) is 0 Å². The molecule has 0 N–H and O–H groups in total. The average molecular weight is 1740 g/mol. The first-order valence-corrected chi connectivity index (χ1v) is 41.9. The average Bonchev–Trinajstić information content (AvgIpc) is 1.61. The normalized spacial score (nSPS) is 32.0. The Morgan fingerprint density at radius 2 is 0.898 bits per heavy atom. The molecule has 639 valence electrons. The van der Waals surface area contributed by atoms with E-state index in [-0.39, 0.29) is 166 Å². The number of hydrogen-bond acceptors (Lipinski definition) is 21. The van der Waals surface area contributed by atoms with Crippen LogP contribution in [0.25, 0.3) is 16.9 Å². The number of nitrogens with zero attached hydrogens (tertiary/aromatic N) is 12. The second kappa shape index (κ2) is 37.2. The molecule has 0 unspecified atom stereocenters. The van der Waals surface area contributed by atoms with Crippen LogP contribution in [0.15, 0.2) is 60.2 Å². The van der Waals surface area contributed by atoms with E-state index in [1.165, 1.54) is 20.2 Å². The maximum atomic E-state index is 13.9. The van der Waals surface area contributed by atoms with Crippen LogP contribution in [0.5, 0.6) is 17.5 Å². The molecule has 6 bridgehead atoms. The monoisotopic (exact) mass is 1740 g/mol. The van der Waals surface area contributed by atoms with Gasteiger partial charge in [-0.1, -0.05) is 140 Å². The van der Waals surface area contributed by atoms with Crippen molar-refractivity contribution in [3.05, 3.63) is 77.1 Å². The number of aromatic nitrogens is 9. The number of aryl methyl sites for hydroxylation is 2. The van der Waals surface area contributed by atoms with Crippen LogP contribution in [0.3, 0.4) is 0 Å². The second-order valence-corrected chi connectivity index (χ2v) is 38.2. The van der Waals surface area contributed by atoms with E-state index in [1.807, 2.05) is 139 Å². The molecule has 6 aromatic heterocycles. The Labute approximate surface area is 727 Å². The van der Waals surface area contributed by atoms with E-state index in [4.69, 9.17) is 33.4 Å². The summed E-state index contributed by atoms with van der Waals surface area (Å²) in [4.78, 5) is 149. The van der Waals surface area contributed by atoms with E-state index in [1.54, 1.807) is 32.8 Å². The van der Waals surface area contributed by atoms with Crippen molar-refractivity contribution in [3.63, 3.8) is 0 Å². The SMILES string of the molecule is C[C@@H]1[C@@H]2CN(C(=O)[C@H](C(C)(C)C)CC(=O)O[C@]3(C)C[C@H]3CCCCCc3cn4ccnc4cc3O2)[C@@H]1[C-]=O.C[C@@H]1[C@@H]2CN(C(=O)[C@H](C(C)(C)C)CC(=O)O[C@]3(C)C[C@H]3CCCCCc3nc4ccnn4cc3O2)[C@@H]1[C-]=O.C[C@@H]1[C@@H]2CN(C(=O)[C@H](C(C)(C)C)CC(=O)O[C@]3(C)C[C@H]3CCCCCn3c(nc4ccnn4c3=O)O2)[C@@H]1[C-]=O.[V].[V].[V]. The molecule has 28 nitrogen and oxygen atoms in total. The third-order valence-electron chi connectivity index (χ3n) is 26.5. The predicted octanol–water partition coefficient (Wildman–Crippen LogP) is 11.0. The zero-order valence-corrected chi connectivity index (χ0v) is 75.3. The fourth-order valence-electron chi connectivity index (χ4n) is 18.3. The molecule has 3 amide bonds. The van der Waals surface area contributed by atoms with Crippen molar-refractivity contribution in [1.29, 1.82) is 0 Å². The van der Waals surface area contributed by atoms with Crippen LogP contribution in [-0.2, 0) is 132 Å². The summed E-state index contributed by atoms with van der Waals surface area (Å²) in [6, 6.07) is 3.25. The van der Waals surface area contributed by atoms with Gasteiger partial charge in [-0.2, -0.15) is 19.7 Å². The minimum atomic E-state index is -0.852. The van der Waals surface area contributed by atoms with Gasteiger partial charge in [0.2, 0.25) is 17.7 Å². The maximum Gasteiger partial charge on any atom is 0.354 e. The van der Waals surface area contributed by atoms with Gasteiger partial charge in [0.1, 0.15) is 46.5 Å². The second-order valence-electron chi connectivity index (χ2n) is 38.2. The summed E-state index contributed by atoms with van der Waals surface area (Å²) >= 11 is 0. The predicted molar refractivity (Wildman–Crippen MR) is 423 cm³/mol. The van der Waals surface area contributed by atoms with Crippen molar-refractivity contribution in [2.75, 3.05) is 19.6 Å². The summed E-state index contributed by atoms with van der Waals surface area (Å²) in [6.07, 6.45) is 31.5. The van der Waals surface area contributed by atoms with Gasteiger partial charge < -0.3 is 61.9 Å². The summed E-state index contributed by atoms with van der Waals surface area (Å²) in [5.74, 6) is -2.32. The largest absolute Gasteiger partial charge is 0.540 e. The minimum absolute atomic E-state index is 0. The Bertz CT molecular complexity index is 4510. The van der Waals surface area contributed by atoms with Gasteiger partial charge in [0.05, 0.1) is 80.9 Å². The summed E-state index contributed by atoms with van der Waals surface area (Å²) in [5.41, 5.74) is 0.594. The summed E-state index contributed by atoms with van der Waals surface area (Å²) in [6.45, 7) is 30.1. The van der Waals surface area contributed by atoms with Crippen LogP contribution in [0.2, 0.25) is 0 Å². The number of pyridine rings is 1. The Morgan fingerprint density at radius 1 is 0.475 bits per heavy atom. The molecule has 9 aliphatic rings. The number of ether oxygens (including phenoxy) is 6. The number of esters is 3. The number of carbonyl (C=O) groups excluding carboxylic acids is 9. The number of hydrogen-bond donors (Lipinski definition) is 0. The van der Waals surface area contributed by atoms with E-state index in [9.17, 15) is 47.9 Å². The Kier molecular flexibility index (Phi) is 29.3. The Balaban J connectivity index is 0.000000184. The first-order chi connectivity index (χ1) is 54.4. The molecule has 15 rings (SSSR count). The molecule has 3 saturated carbocycles. The van der Waals surface area contributed by atoms with Gasteiger partial charge in [-0.25, -0.2) is 42.7 Å². The van der Waals surface area contributed by atoms with Gasteiger partial charge >= 0.3 is 29.6 Å². The molecule has 31 heteroatoms. The molecule has 0 spiro atoms. The van der Waals surface area contributed by atoms with Gasteiger partial charge in [-0.15, -0.1) is 0 Å². The molecular weight excluding hydrogens is 1620 g/mol. The van der Waals surface area contributed by atoms with Crippen molar-refractivity contribution in [3.8, 4) is 17.5 Å². The quantitative estimate of drug-likeness (QED) is 0.0902. The van der Waals surface area contributed by atoms with Crippen molar-refractivity contribution >= 4 is 71.4 Å². The topological polar surface area (TPSA) is 318 Å². The molecule has 3 aliphatic carbocycles. The number of rotatable bonds is 3. The first kappa shape index (κ1) is 92.9. The van der Waals surface area contributed by atoms with E-state index in [2.05, 4.69) is 38.9 Å². The van der Waals surface area contributed by atoms with Gasteiger partial charge in [-0.3, -0.25) is 28.8 Å². The van der Waals surface area contributed by atoms with E-state index >= 15 is 0 Å². The minimum Gasteiger partial charge on any atom is -0.540 e. The van der Waals surface area contributed by atoms with Crippen molar-refractivity contribution in [1.82, 2.24) is 57.8 Å². The number of amides is 3. The molecule has 12 heterocycles. The van der Waals surface area contributed by atoms with Crippen molar-refractivity contribution in [2.45, 2.75) is 292 Å². The first-order valence-electron chi connectivity index (χ1n) is 41.9. The fraction of sp³-hybridized carbons (Fsp3) is 0.690. The van der Waals surface area contributed by atoms with Crippen LogP contribution in [0.1, 0.15) is 231 Å². The van der Waals surface area contributed by atoms with Crippen LogP contribution in [0, 0.1) is 69.5 Å². The molecule has 6 aromatic rings. The van der Waals surface area contributed by atoms with Gasteiger partial charge in [0.15, 0.2) is 17.0 Å². The molecule has 118 heavy (non-hydrogen) atoms. The molecule has 18 atom stereocenters. The zero-order valence-electron chi connectivity index (χ0n) is 71.1. The summed E-state index contributed by atoms with van der Waals surface area (Å²) < 4.78 is 43.6. The molecule has 6 fully saturated rings. The van der Waals surface area contributed by atoms with E-state index < -0.39 is 87.1 Å². The fourth-order valence-corrected chi connectivity index (χ4v) is 18.3. The third kappa shape index (κ3) is 20.4. The van der Waals surface area contributed by atoms with Crippen LogP contribution >= 0.6 is 0 Å². The maximum absolute atomic E-state index is 13.9. The smallest absolute Gasteiger partial charge is 0.354 e. The molecule has 6 aliphatic heterocycles. The van der Waals surface area contributed by atoms with Gasteiger partial charge in [0, 0.05) is 122 Å². The number of carbonyl (C=O) groups is 6. The summed E-state index contributed by atoms with van der Waals surface area (Å²) in [7, 11) is 0. The molecular formula is C87H117N12O16V3-3. The van der Waals surface area contributed by atoms with Gasteiger partial charge in [-0.05, 0) is 125 Å². The molecule has 0 aromatic carbocycles. The standard InChI is InChI=1S/C30H40N3O5.C29H39N4O5.C28H38N5O6.3V/c1-19-23(18-34)33-17-25(19)37-24-14-26-31-11-12-32(26)16-20(24)9-7-6-8-10-21-15-30(21,5)38-27(35)13-22(28(33)36)29(2,3)4;1-18-22(17-34)32-15-23(18)37-24-16-33-25(11-12-30-33)31-21(24)10-8-6-7-9-19-14-29(19,5)38-26(35)13-20(27(32)36)28(2,3)4;1-17-20(16-34)32-15-21(17)38-25-30-22-10-11-29-33(22)26(37)31(25)12-8-6-7-9-18-14-28(18,5)39-23(35)13-19(24(32)36)27(2,3)4;;;/h11-12,14,16,19,21-23,25H,6-10,13,15,17H2,1-5H3;11-12,16,18-20,22-23H,6-10,13-15H2,1-5H3;10-11,17-21H,6-9,12-15H2,1-5H3;;;/q3*-1;;;/t19-,21+,22+,23+,25-,30+;18-,19+,20+,22+,23-,29+;17-,18+,19+,20+,21-,28+;;;/m000.../s1. The van der Waals surface area contributed by atoms with Crippen molar-refractivity contribution in [2.24, 2.45) is 69.5 Å². The van der Waals surface area contributed by atoms with E-state index in [0.29, 0.717) is 29.8 Å². The summed E-state index contributed by atoms with van der Waals surface area (Å²) in [5, 5.41) is 8.42. The molecule has 3 saturated heterocycles. The van der Waals surface area contributed by atoms with Crippen LogP contribution < -0.4 is 19.9 Å². The Hall–Kier alpha value is -7.36. The zero-order chi connectivity index (χ0) is 82.6. The third-order valence-corrected chi connectivity index (χ3v) is 26.5. The number of imidazole rings is 1. The Morgan fingerprint density at radius 3 is 1.36 bits per heavy atom. The number of fused-ring (bicyclic) bond motifs is 15. The van der Waals surface area contributed by atoms with Crippen molar-refractivity contribution < 1.29 is 127 Å². The van der Waals surface area contributed by atoms with E-state index in [0.717, 1.165) is 137 Å². The molecule has 3 radical (unpaired) electrons. The van der Waals surface area contributed by atoms with Crippen LogP contribution in [-0.4, -0.2) is 185 Å². The van der Waals surface area contributed by atoms with Crippen LogP contribution in [0.4, 0.5) is 0 Å².